The maximum atomic E-state index is 12.5. The molecule has 168 valence electrons. The smallest absolute Gasteiger partial charge is 0.337 e. The fourth-order valence-corrected chi connectivity index (χ4v) is 5.29. The van der Waals surface area contributed by atoms with Gasteiger partial charge < -0.3 is 14.0 Å². The van der Waals surface area contributed by atoms with E-state index in [-0.39, 0.29) is 22.7 Å². The summed E-state index contributed by atoms with van der Waals surface area (Å²) in [5, 5.41) is 0. The van der Waals surface area contributed by atoms with Crippen LogP contribution in [0.4, 0.5) is 0 Å². The van der Waals surface area contributed by atoms with Crippen LogP contribution in [0.3, 0.4) is 0 Å². The van der Waals surface area contributed by atoms with Crippen molar-refractivity contribution in [2.45, 2.75) is 12.3 Å². The SMILES string of the molecule is COC(=O)Cn1c(=NC(=O)CS(=O)(=O)Cc2ccccc2)sc2cc(C(=O)OC)ccc21. The van der Waals surface area contributed by atoms with Crippen LogP contribution in [-0.2, 0) is 41.2 Å². The molecule has 0 radical (unpaired) electrons. The molecule has 0 bridgehead atoms. The number of carbonyl (C=O) groups excluding carboxylic acids is 3. The van der Waals surface area contributed by atoms with Gasteiger partial charge in [0.15, 0.2) is 14.6 Å². The van der Waals surface area contributed by atoms with Crippen LogP contribution < -0.4 is 4.80 Å². The lowest BCUT2D eigenvalue weighted by molar-refractivity contribution is -0.141. The number of amides is 1. The van der Waals surface area contributed by atoms with Crippen LogP contribution in [0.1, 0.15) is 15.9 Å². The maximum Gasteiger partial charge on any atom is 0.337 e. The average molecular weight is 477 g/mol. The predicted octanol–water partition coefficient (Wildman–Crippen LogP) is 1.70. The highest BCUT2D eigenvalue weighted by atomic mass is 32.2. The van der Waals surface area contributed by atoms with Crippen molar-refractivity contribution in [2.75, 3.05) is 20.0 Å². The number of hydrogen-bond donors (Lipinski definition) is 0. The molecule has 1 aromatic heterocycles. The van der Waals surface area contributed by atoms with E-state index in [0.29, 0.717) is 15.8 Å². The van der Waals surface area contributed by atoms with E-state index in [2.05, 4.69) is 4.99 Å². The zero-order valence-corrected chi connectivity index (χ0v) is 18.9. The van der Waals surface area contributed by atoms with Crippen molar-refractivity contribution >= 4 is 49.2 Å². The zero-order chi connectivity index (χ0) is 23.3. The molecule has 3 rings (SSSR count). The van der Waals surface area contributed by atoms with E-state index in [1.54, 1.807) is 42.5 Å². The zero-order valence-electron chi connectivity index (χ0n) is 17.3. The van der Waals surface area contributed by atoms with Gasteiger partial charge in [-0.15, -0.1) is 0 Å². The normalized spacial score (nSPS) is 12.0. The number of nitrogens with zero attached hydrogens (tertiary/aromatic N) is 2. The topological polar surface area (TPSA) is 121 Å². The first kappa shape index (κ1) is 23.4. The van der Waals surface area contributed by atoms with Crippen molar-refractivity contribution in [3.63, 3.8) is 0 Å². The van der Waals surface area contributed by atoms with Crippen LogP contribution in [0.15, 0.2) is 53.5 Å². The van der Waals surface area contributed by atoms with Gasteiger partial charge in [0, 0.05) is 0 Å². The molecular weight excluding hydrogens is 456 g/mol. The Morgan fingerprint density at radius 2 is 1.75 bits per heavy atom. The molecule has 0 spiro atoms. The summed E-state index contributed by atoms with van der Waals surface area (Å²) in [6, 6.07) is 13.2. The lowest BCUT2D eigenvalue weighted by Crippen LogP contribution is -2.24. The van der Waals surface area contributed by atoms with Crippen LogP contribution >= 0.6 is 11.3 Å². The van der Waals surface area contributed by atoms with Crippen LogP contribution in [0.25, 0.3) is 10.2 Å². The second-order valence-corrected chi connectivity index (χ2v) is 9.82. The molecule has 3 aromatic rings. The quantitative estimate of drug-likeness (QED) is 0.476. The maximum absolute atomic E-state index is 12.5. The fourth-order valence-electron chi connectivity index (χ4n) is 2.96. The lowest BCUT2D eigenvalue weighted by Gasteiger charge is -2.05. The molecule has 32 heavy (non-hydrogen) atoms. The van der Waals surface area contributed by atoms with Gasteiger partial charge in [0.25, 0.3) is 5.91 Å². The molecule has 0 unspecified atom stereocenters. The molecule has 1 heterocycles. The van der Waals surface area contributed by atoms with E-state index in [4.69, 9.17) is 9.47 Å². The average Bonchev–Trinajstić information content (AvgIpc) is 3.08. The van der Waals surface area contributed by atoms with Crippen LogP contribution in [-0.4, -0.2) is 50.8 Å². The third-order valence-corrected chi connectivity index (χ3v) is 6.91. The van der Waals surface area contributed by atoms with E-state index in [1.807, 2.05) is 0 Å². The van der Waals surface area contributed by atoms with E-state index in [9.17, 15) is 22.8 Å². The first-order chi connectivity index (χ1) is 15.2. The number of carbonyl (C=O) groups is 3. The molecule has 0 saturated heterocycles. The van der Waals surface area contributed by atoms with Crippen LogP contribution in [0, 0.1) is 0 Å². The first-order valence-corrected chi connectivity index (χ1v) is 12.0. The van der Waals surface area contributed by atoms with Crippen molar-refractivity contribution in [3.8, 4) is 0 Å². The molecule has 2 aromatic carbocycles. The third kappa shape index (κ3) is 5.68. The van der Waals surface area contributed by atoms with Gasteiger partial charge >= 0.3 is 11.9 Å². The number of fused-ring (bicyclic) bond motifs is 1. The number of methoxy groups -OCH3 is 2. The van der Waals surface area contributed by atoms with E-state index < -0.39 is 33.4 Å². The van der Waals surface area contributed by atoms with Gasteiger partial charge in [-0.25, -0.2) is 13.2 Å². The summed E-state index contributed by atoms with van der Waals surface area (Å²) in [6.45, 7) is -0.239. The minimum atomic E-state index is -3.75. The predicted molar refractivity (Wildman–Crippen MR) is 118 cm³/mol. The number of rotatable bonds is 7. The van der Waals surface area contributed by atoms with Gasteiger partial charge in [0.2, 0.25) is 0 Å². The van der Waals surface area contributed by atoms with Gasteiger partial charge in [-0.1, -0.05) is 41.7 Å². The van der Waals surface area contributed by atoms with Gasteiger partial charge in [0.1, 0.15) is 12.3 Å². The minimum Gasteiger partial charge on any atom is -0.468 e. The highest BCUT2D eigenvalue weighted by Crippen LogP contribution is 2.20. The number of benzene rings is 2. The molecule has 0 aliphatic rings. The summed E-state index contributed by atoms with van der Waals surface area (Å²) in [6.07, 6.45) is 0. The number of aromatic nitrogens is 1. The van der Waals surface area contributed by atoms with Crippen molar-refractivity contribution < 1.29 is 32.3 Å². The Kier molecular flexibility index (Phi) is 7.21. The number of thiazole rings is 1. The largest absolute Gasteiger partial charge is 0.468 e. The summed E-state index contributed by atoms with van der Waals surface area (Å²) in [7, 11) is -1.26. The number of esters is 2. The Morgan fingerprint density at radius 1 is 1.03 bits per heavy atom. The standard InChI is InChI=1S/C21H20N2O7S2/c1-29-19(25)11-23-16-9-8-15(20(26)30-2)10-17(16)31-21(23)22-18(24)13-32(27,28)12-14-6-4-3-5-7-14/h3-10H,11-13H2,1-2H3. The summed E-state index contributed by atoms with van der Waals surface area (Å²) in [4.78, 5) is 40.2. The van der Waals surface area contributed by atoms with E-state index >= 15 is 0 Å². The Hall–Kier alpha value is -3.31. The van der Waals surface area contributed by atoms with E-state index in [0.717, 1.165) is 11.3 Å². The highest BCUT2D eigenvalue weighted by molar-refractivity contribution is 7.91. The van der Waals surface area contributed by atoms with Crippen molar-refractivity contribution in [3.05, 3.63) is 64.5 Å². The van der Waals surface area contributed by atoms with Crippen molar-refractivity contribution in [2.24, 2.45) is 4.99 Å². The Morgan fingerprint density at radius 3 is 2.41 bits per heavy atom. The number of ether oxygens (including phenoxy) is 2. The van der Waals surface area contributed by atoms with Crippen molar-refractivity contribution in [1.29, 1.82) is 0 Å². The number of hydrogen-bond acceptors (Lipinski definition) is 8. The summed E-state index contributed by atoms with van der Waals surface area (Å²) in [5.74, 6) is -3.04. The van der Waals surface area contributed by atoms with Crippen LogP contribution in [0.2, 0.25) is 0 Å². The molecule has 0 saturated carbocycles. The van der Waals surface area contributed by atoms with Crippen LogP contribution in [0.5, 0.6) is 0 Å². The Labute approximate surface area is 187 Å². The van der Waals surface area contributed by atoms with Gasteiger partial charge in [-0.2, -0.15) is 4.99 Å². The Bertz CT molecular complexity index is 1340. The summed E-state index contributed by atoms with van der Waals surface area (Å²) in [5.41, 5.74) is 1.39. The number of sulfone groups is 1. The second-order valence-electron chi connectivity index (χ2n) is 6.74. The molecule has 0 N–H and O–H groups in total. The van der Waals surface area contributed by atoms with E-state index in [1.165, 1.54) is 24.9 Å². The molecule has 11 heteroatoms. The van der Waals surface area contributed by atoms with Gasteiger partial charge in [0.05, 0.1) is 35.8 Å². The summed E-state index contributed by atoms with van der Waals surface area (Å²) >= 11 is 1.04. The lowest BCUT2D eigenvalue weighted by atomic mass is 10.2. The first-order valence-electron chi connectivity index (χ1n) is 9.33. The third-order valence-electron chi connectivity index (χ3n) is 4.41. The second kappa shape index (κ2) is 9.88. The molecule has 0 fully saturated rings. The fraction of sp³-hybridized carbons (Fsp3) is 0.238. The highest BCUT2D eigenvalue weighted by Gasteiger charge is 2.19. The van der Waals surface area contributed by atoms with Gasteiger partial charge in [-0.05, 0) is 23.8 Å². The monoisotopic (exact) mass is 476 g/mol. The summed E-state index contributed by atoms with van der Waals surface area (Å²) < 4.78 is 36.3. The molecular formula is C21H20N2O7S2. The van der Waals surface area contributed by atoms with Gasteiger partial charge in [-0.3, -0.25) is 9.59 Å². The molecule has 0 atom stereocenters. The Balaban J connectivity index is 1.97. The molecule has 0 aliphatic heterocycles. The minimum absolute atomic E-state index is 0.118. The van der Waals surface area contributed by atoms with Crippen molar-refractivity contribution in [1.82, 2.24) is 4.57 Å². The molecule has 9 nitrogen and oxygen atoms in total. The molecule has 1 amide bonds. The molecule has 0 aliphatic carbocycles.